The van der Waals surface area contributed by atoms with Crippen molar-refractivity contribution >= 4 is 11.9 Å². The molecule has 0 aromatic heterocycles. The number of nitrogens with zero attached hydrogens (tertiary/aromatic N) is 2. The van der Waals surface area contributed by atoms with E-state index in [1.165, 1.54) is 0 Å². The van der Waals surface area contributed by atoms with E-state index in [1.54, 1.807) is 0 Å². The van der Waals surface area contributed by atoms with Crippen molar-refractivity contribution < 1.29 is 40.2 Å². The van der Waals surface area contributed by atoms with Crippen molar-refractivity contribution in [2.24, 2.45) is 0 Å². The van der Waals surface area contributed by atoms with Crippen LogP contribution in [-0.4, -0.2) is 11.9 Å². The first-order valence-electron chi connectivity index (χ1n) is 1.43. The molecule has 0 aromatic carbocycles. The fourth-order valence-corrected chi connectivity index (χ4v) is 0. The zero-order chi connectivity index (χ0) is 9.15. The summed E-state index contributed by atoms with van der Waals surface area (Å²) in [6.07, 6.45) is 0. The van der Waals surface area contributed by atoms with Crippen LogP contribution < -0.4 is 22.5 Å². The van der Waals surface area contributed by atoms with Gasteiger partial charge in [-0.25, -0.2) is 0 Å². The Morgan fingerprint density at radius 2 is 0.846 bits per heavy atom. The molecule has 0 aromatic rings. The molecule has 0 aliphatic rings. The summed E-state index contributed by atoms with van der Waals surface area (Å²) in [7, 11) is 0. The van der Waals surface area contributed by atoms with E-state index in [2.05, 4.69) is 0 Å². The summed E-state index contributed by atoms with van der Waals surface area (Å²) >= 11 is 0. The third-order valence-electron chi connectivity index (χ3n) is 0.167. The number of carbonyl (C=O) groups excluding carboxylic acids is 2. The normalized spacial score (nSPS) is 4.00. The number of carboxylic acid groups (broad SMARTS) is 2. The van der Waals surface area contributed by atoms with Gasteiger partial charge in [-0.1, -0.05) is 0 Å². The maximum atomic E-state index is 8.93. The quantitative estimate of drug-likeness (QED) is 0.373. The summed E-state index contributed by atoms with van der Waals surface area (Å²) in [6, 6.07) is 0. The van der Waals surface area contributed by atoms with E-state index in [0.29, 0.717) is 0 Å². The Kier molecular flexibility index (Phi) is 144. The molecule has 82 valence electrons. The third-order valence-corrected chi connectivity index (χ3v) is 0.167. The van der Waals surface area contributed by atoms with Crippen LogP contribution >= 0.6 is 0 Å². The number of carbonyl (C=O) groups is 2. The van der Waals surface area contributed by atoms with Crippen LogP contribution in [0.4, 0.5) is 0 Å². The summed E-state index contributed by atoms with van der Waals surface area (Å²) in [5.41, 5.74) is 11.5. The van der Waals surface area contributed by atoms with E-state index < -0.39 is 11.9 Å². The first-order chi connectivity index (χ1) is 4.64. The van der Waals surface area contributed by atoms with Crippen LogP contribution in [0, 0.1) is 9.81 Å². The maximum Gasteiger partial charge on any atom is 2.00 e. The molecule has 0 fully saturated rings. The Morgan fingerprint density at radius 1 is 0.769 bits per heavy atom. The molecule has 8 N–H and O–H groups in total. The molecular formula is C2H8N4O6Pd. The van der Waals surface area contributed by atoms with Crippen molar-refractivity contribution in [1.29, 1.82) is 0 Å². The molecule has 10 nitrogen and oxygen atoms in total. The minimum atomic E-state index is -2.19. The number of aliphatic carboxylic acids is 2. The van der Waals surface area contributed by atoms with Gasteiger partial charge >= 0.3 is 20.4 Å². The second kappa shape index (κ2) is 45.4. The molecule has 13 heavy (non-hydrogen) atoms. The van der Waals surface area contributed by atoms with Crippen molar-refractivity contribution in [2.75, 3.05) is 0 Å². The summed E-state index contributed by atoms with van der Waals surface area (Å²) in [4.78, 5) is 32.4. The third kappa shape index (κ3) is 110. The van der Waals surface area contributed by atoms with Crippen LogP contribution in [0.3, 0.4) is 0 Å². The number of nitroso groups, excluding NO2 is 2. The first-order valence-corrected chi connectivity index (χ1v) is 1.43. The molecule has 0 amide bonds. The Hall–Kier alpha value is -1.28. The number of hydrogen-bond acceptors (Lipinski definition) is 6. The smallest absolute Gasteiger partial charge is 0.577 e. The average Bonchev–Trinajstić information content (AvgIpc) is 1.96. The fraction of sp³-hybridized carbons (Fsp3) is 0. The Labute approximate surface area is 86.0 Å². The van der Waals surface area contributed by atoms with Gasteiger partial charge in [0, 0.05) is 0 Å². The van der Waals surface area contributed by atoms with Crippen molar-refractivity contribution in [1.82, 2.24) is 12.3 Å². The molecular weight excluding hydrogens is 282 g/mol. The minimum absolute atomic E-state index is 0. The van der Waals surface area contributed by atoms with Gasteiger partial charge in [0.1, 0.15) is 0 Å². The zero-order valence-corrected chi connectivity index (χ0v) is 8.21. The number of rotatable bonds is 0. The SMILES string of the molecule is O=C([O-])C(=O)[O-].[N-]=O.[N-]=O.[NH4+].[NH4+].[Pd+2]. The molecule has 11 heteroatoms. The number of carboxylic acids is 2. The largest absolute Gasteiger partial charge is 2.00 e. The van der Waals surface area contributed by atoms with Crippen molar-refractivity contribution in [2.45, 2.75) is 0 Å². The van der Waals surface area contributed by atoms with Crippen molar-refractivity contribution in [3.8, 4) is 0 Å². The van der Waals surface area contributed by atoms with E-state index in [0.717, 1.165) is 0 Å². The van der Waals surface area contributed by atoms with Crippen LogP contribution in [0.25, 0.3) is 11.2 Å². The summed E-state index contributed by atoms with van der Waals surface area (Å²) in [6.45, 7) is 0. The number of hydrogen-bond donors (Lipinski definition) is 2. The van der Waals surface area contributed by atoms with Crippen molar-refractivity contribution in [3.05, 3.63) is 21.0 Å². The van der Waals surface area contributed by atoms with Gasteiger partial charge < -0.3 is 53.1 Å². The second-order valence-electron chi connectivity index (χ2n) is 0.575. The van der Waals surface area contributed by atoms with Gasteiger partial charge in [-0.15, -0.1) is 0 Å². The molecule has 0 heterocycles. The van der Waals surface area contributed by atoms with E-state index >= 15 is 0 Å². The molecule has 0 aliphatic carbocycles. The molecule has 0 aliphatic heterocycles. The Balaban J connectivity index is -0.0000000157. The molecule has 0 spiro atoms. The summed E-state index contributed by atoms with van der Waals surface area (Å²) < 4.78 is 0. The molecule has 0 bridgehead atoms. The van der Waals surface area contributed by atoms with Crippen LogP contribution in [0.1, 0.15) is 0 Å². The summed E-state index contributed by atoms with van der Waals surface area (Å²) in [5.74, 6) is -4.37. The molecule has 0 radical (unpaired) electrons. The molecule has 0 rings (SSSR count). The van der Waals surface area contributed by atoms with Gasteiger partial charge in [-0.3, -0.25) is 0 Å². The standard InChI is InChI=1S/C2H2O4.2NO.2H3N.Pd/c3-1(4)2(5)6;2*1-2;;;/h(H,3,4)(H,5,6);;;2*1H3;/q;2*-1;;;+2. The summed E-state index contributed by atoms with van der Waals surface area (Å²) in [5, 5.41) is 17.9. The molecule has 0 unspecified atom stereocenters. The van der Waals surface area contributed by atoms with Crippen LogP contribution in [0.5, 0.6) is 0 Å². The fourth-order valence-electron chi connectivity index (χ4n) is 0. The molecule has 0 saturated carbocycles. The second-order valence-corrected chi connectivity index (χ2v) is 0.575. The van der Waals surface area contributed by atoms with E-state index in [9.17, 15) is 0 Å². The number of quaternary nitrogens is 2. The van der Waals surface area contributed by atoms with E-state index in [-0.39, 0.29) is 32.7 Å². The van der Waals surface area contributed by atoms with Gasteiger partial charge in [0.15, 0.2) is 0 Å². The van der Waals surface area contributed by atoms with Gasteiger partial charge in [-0.2, -0.15) is 0 Å². The van der Waals surface area contributed by atoms with Crippen LogP contribution in [0.2, 0.25) is 0 Å². The van der Waals surface area contributed by atoms with Crippen molar-refractivity contribution in [3.63, 3.8) is 0 Å². The Bertz CT molecular complexity index is 107. The van der Waals surface area contributed by atoms with Crippen LogP contribution in [0.15, 0.2) is 0 Å². The van der Waals surface area contributed by atoms with Crippen LogP contribution in [-0.2, 0) is 30.0 Å². The van der Waals surface area contributed by atoms with E-state index in [4.69, 9.17) is 40.8 Å². The molecule has 0 saturated heterocycles. The zero-order valence-electron chi connectivity index (χ0n) is 6.66. The van der Waals surface area contributed by atoms with Gasteiger partial charge in [-0.05, 0) is 0 Å². The molecule has 0 atom stereocenters. The first kappa shape index (κ1) is 41.2. The topological polar surface area (TPSA) is 232 Å². The maximum absolute atomic E-state index is 8.93. The minimum Gasteiger partial charge on any atom is -0.577 e. The predicted molar refractivity (Wildman–Crippen MR) is 35.4 cm³/mol. The van der Waals surface area contributed by atoms with E-state index in [1.807, 2.05) is 0 Å². The monoisotopic (exact) mass is 290 g/mol. The average molecular weight is 291 g/mol. The van der Waals surface area contributed by atoms with Gasteiger partial charge in [0.2, 0.25) is 0 Å². The van der Waals surface area contributed by atoms with Gasteiger partial charge in [0.25, 0.3) is 0 Å². The predicted octanol–water partition coefficient (Wildman–Crippen LogP) is -2.12. The van der Waals surface area contributed by atoms with Gasteiger partial charge in [0.05, 0.1) is 11.9 Å². The Morgan fingerprint density at radius 3 is 0.846 bits per heavy atom.